The van der Waals surface area contributed by atoms with Gasteiger partial charge in [-0.1, -0.05) is 6.42 Å². The molecule has 2 fully saturated rings. The standard InChI is InChI=1S/C13H24ClNO/c1-15(5-7-16-6-4-14)10-13-9-11-2-3-12(13)8-11/h11-13H,2-10H2,1H3. The second-order valence-electron chi connectivity index (χ2n) is 5.50. The maximum Gasteiger partial charge on any atom is 0.0602 e. The molecule has 3 atom stereocenters. The molecule has 2 aliphatic rings. The summed E-state index contributed by atoms with van der Waals surface area (Å²) in [7, 11) is 2.22. The van der Waals surface area contributed by atoms with Crippen LogP contribution in [0.2, 0.25) is 0 Å². The average molecular weight is 246 g/mol. The van der Waals surface area contributed by atoms with Gasteiger partial charge in [0.1, 0.15) is 0 Å². The van der Waals surface area contributed by atoms with E-state index in [2.05, 4.69) is 11.9 Å². The molecule has 2 aliphatic carbocycles. The molecule has 0 amide bonds. The predicted octanol–water partition coefficient (Wildman–Crippen LogP) is 2.61. The molecule has 0 aromatic rings. The summed E-state index contributed by atoms with van der Waals surface area (Å²) in [6, 6.07) is 0. The van der Waals surface area contributed by atoms with Crippen LogP contribution < -0.4 is 0 Å². The van der Waals surface area contributed by atoms with E-state index in [-0.39, 0.29) is 0 Å². The fraction of sp³-hybridized carbons (Fsp3) is 1.00. The third-order valence-electron chi connectivity index (χ3n) is 4.27. The zero-order valence-electron chi connectivity index (χ0n) is 10.3. The van der Waals surface area contributed by atoms with E-state index in [1.807, 2.05) is 0 Å². The van der Waals surface area contributed by atoms with Gasteiger partial charge in [-0.2, -0.15) is 0 Å². The van der Waals surface area contributed by atoms with Gasteiger partial charge in [-0.05, 0) is 44.1 Å². The number of rotatable bonds is 7. The fourth-order valence-corrected chi connectivity index (χ4v) is 3.58. The summed E-state index contributed by atoms with van der Waals surface area (Å²) in [5, 5.41) is 0. The Labute approximate surface area is 104 Å². The fourth-order valence-electron chi connectivity index (χ4n) is 3.47. The van der Waals surface area contributed by atoms with E-state index in [4.69, 9.17) is 16.3 Å². The highest BCUT2D eigenvalue weighted by Crippen LogP contribution is 2.48. The van der Waals surface area contributed by atoms with E-state index < -0.39 is 0 Å². The second kappa shape index (κ2) is 6.23. The molecular weight excluding hydrogens is 222 g/mol. The molecule has 0 heterocycles. The number of ether oxygens (including phenoxy) is 1. The third kappa shape index (κ3) is 3.35. The Morgan fingerprint density at radius 2 is 2.12 bits per heavy atom. The molecule has 3 unspecified atom stereocenters. The van der Waals surface area contributed by atoms with Crippen molar-refractivity contribution in [3.8, 4) is 0 Å². The SMILES string of the molecule is CN(CCOCCCl)CC1CC2CCC1C2. The minimum absolute atomic E-state index is 0.607. The first kappa shape index (κ1) is 12.7. The van der Waals surface area contributed by atoms with Gasteiger partial charge in [-0.25, -0.2) is 0 Å². The molecule has 0 radical (unpaired) electrons. The van der Waals surface area contributed by atoms with Crippen molar-refractivity contribution in [2.24, 2.45) is 17.8 Å². The van der Waals surface area contributed by atoms with Gasteiger partial charge in [-0.3, -0.25) is 0 Å². The Morgan fingerprint density at radius 1 is 1.25 bits per heavy atom. The molecule has 0 aromatic heterocycles. The van der Waals surface area contributed by atoms with Gasteiger partial charge in [0, 0.05) is 19.0 Å². The minimum Gasteiger partial charge on any atom is -0.379 e. The first-order valence-electron chi connectivity index (χ1n) is 6.62. The van der Waals surface area contributed by atoms with Crippen molar-refractivity contribution in [1.29, 1.82) is 0 Å². The van der Waals surface area contributed by atoms with Gasteiger partial charge in [-0.15, -0.1) is 11.6 Å². The monoisotopic (exact) mass is 245 g/mol. The average Bonchev–Trinajstić information content (AvgIpc) is 2.86. The Hall–Kier alpha value is 0.210. The van der Waals surface area contributed by atoms with E-state index in [1.165, 1.54) is 32.2 Å². The van der Waals surface area contributed by atoms with Crippen LogP contribution in [0.25, 0.3) is 0 Å². The topological polar surface area (TPSA) is 12.5 Å². The largest absolute Gasteiger partial charge is 0.379 e. The molecule has 2 saturated carbocycles. The summed E-state index contributed by atoms with van der Waals surface area (Å²) in [5.41, 5.74) is 0. The molecule has 2 bridgehead atoms. The zero-order valence-corrected chi connectivity index (χ0v) is 11.1. The maximum absolute atomic E-state index is 5.56. The Balaban J connectivity index is 1.58. The van der Waals surface area contributed by atoms with Crippen molar-refractivity contribution >= 4 is 11.6 Å². The summed E-state index contributed by atoms with van der Waals surface area (Å²) >= 11 is 5.56. The van der Waals surface area contributed by atoms with Gasteiger partial charge in [0.25, 0.3) is 0 Å². The van der Waals surface area contributed by atoms with Crippen LogP contribution in [0.4, 0.5) is 0 Å². The molecule has 16 heavy (non-hydrogen) atoms. The Morgan fingerprint density at radius 3 is 2.75 bits per heavy atom. The van der Waals surface area contributed by atoms with Gasteiger partial charge in [0.2, 0.25) is 0 Å². The summed E-state index contributed by atoms with van der Waals surface area (Å²) in [4.78, 5) is 2.43. The highest BCUT2D eigenvalue weighted by molar-refractivity contribution is 6.17. The number of hydrogen-bond donors (Lipinski definition) is 0. The van der Waals surface area contributed by atoms with Crippen LogP contribution >= 0.6 is 11.6 Å². The highest BCUT2D eigenvalue weighted by atomic mass is 35.5. The lowest BCUT2D eigenvalue weighted by atomic mass is 9.88. The highest BCUT2D eigenvalue weighted by Gasteiger charge is 2.39. The third-order valence-corrected chi connectivity index (χ3v) is 4.42. The van der Waals surface area contributed by atoms with Crippen LogP contribution in [0, 0.1) is 17.8 Å². The molecule has 0 saturated heterocycles. The number of alkyl halides is 1. The van der Waals surface area contributed by atoms with Crippen molar-refractivity contribution in [3.63, 3.8) is 0 Å². The van der Waals surface area contributed by atoms with Crippen molar-refractivity contribution in [3.05, 3.63) is 0 Å². The maximum atomic E-state index is 5.56. The predicted molar refractivity (Wildman–Crippen MR) is 68.0 cm³/mol. The van der Waals surface area contributed by atoms with Gasteiger partial charge >= 0.3 is 0 Å². The molecule has 0 spiro atoms. The Bertz CT molecular complexity index is 212. The van der Waals surface area contributed by atoms with Crippen molar-refractivity contribution in [1.82, 2.24) is 4.90 Å². The molecular formula is C13H24ClNO. The Kier molecular flexibility index (Phi) is 4.93. The summed E-state index contributed by atoms with van der Waals surface area (Å²) < 4.78 is 5.41. The molecule has 0 N–H and O–H groups in total. The molecule has 0 aromatic carbocycles. The first-order valence-corrected chi connectivity index (χ1v) is 7.15. The molecule has 3 heteroatoms. The van der Waals surface area contributed by atoms with Gasteiger partial charge < -0.3 is 9.64 Å². The number of fused-ring (bicyclic) bond motifs is 2. The van der Waals surface area contributed by atoms with E-state index in [9.17, 15) is 0 Å². The summed E-state index contributed by atoms with van der Waals surface area (Å²) in [6.45, 7) is 3.82. The number of halogens is 1. The summed E-state index contributed by atoms with van der Waals surface area (Å²) in [5.74, 6) is 3.68. The van der Waals surface area contributed by atoms with Gasteiger partial charge in [0.05, 0.1) is 13.2 Å². The lowest BCUT2D eigenvalue weighted by Crippen LogP contribution is -2.31. The number of hydrogen-bond acceptors (Lipinski definition) is 2. The van der Waals surface area contributed by atoms with Crippen LogP contribution in [0.15, 0.2) is 0 Å². The molecule has 2 rings (SSSR count). The minimum atomic E-state index is 0.607. The van der Waals surface area contributed by atoms with E-state index >= 15 is 0 Å². The van der Waals surface area contributed by atoms with Crippen molar-refractivity contribution < 1.29 is 4.74 Å². The molecule has 0 aliphatic heterocycles. The number of likely N-dealkylation sites (N-methyl/N-ethyl adjacent to an activating group) is 1. The van der Waals surface area contributed by atoms with Crippen LogP contribution in [0.1, 0.15) is 25.7 Å². The zero-order chi connectivity index (χ0) is 11.4. The van der Waals surface area contributed by atoms with Crippen molar-refractivity contribution in [2.45, 2.75) is 25.7 Å². The van der Waals surface area contributed by atoms with Crippen LogP contribution in [-0.4, -0.2) is 44.1 Å². The number of nitrogens with zero attached hydrogens (tertiary/aromatic N) is 1. The van der Waals surface area contributed by atoms with Crippen molar-refractivity contribution in [2.75, 3.05) is 39.2 Å². The quantitative estimate of drug-likeness (QED) is 0.505. The van der Waals surface area contributed by atoms with Crippen LogP contribution in [-0.2, 0) is 4.74 Å². The van der Waals surface area contributed by atoms with E-state index in [1.54, 1.807) is 0 Å². The van der Waals surface area contributed by atoms with Crippen LogP contribution in [0.3, 0.4) is 0 Å². The lowest BCUT2D eigenvalue weighted by molar-refractivity contribution is 0.112. The molecule has 94 valence electrons. The second-order valence-corrected chi connectivity index (χ2v) is 5.88. The normalized spacial score (nSPS) is 32.8. The lowest BCUT2D eigenvalue weighted by Gasteiger charge is -2.27. The van der Waals surface area contributed by atoms with E-state index in [0.29, 0.717) is 12.5 Å². The summed E-state index contributed by atoms with van der Waals surface area (Å²) in [6.07, 6.45) is 5.99. The smallest absolute Gasteiger partial charge is 0.0602 e. The van der Waals surface area contributed by atoms with Crippen LogP contribution in [0.5, 0.6) is 0 Å². The first-order chi connectivity index (χ1) is 7.79. The molecule has 2 nitrogen and oxygen atoms in total. The van der Waals surface area contributed by atoms with E-state index in [0.717, 1.165) is 30.9 Å². The van der Waals surface area contributed by atoms with Gasteiger partial charge in [0.15, 0.2) is 0 Å².